The van der Waals surface area contributed by atoms with Crippen LogP contribution in [0.3, 0.4) is 0 Å². The topological polar surface area (TPSA) is 64.6 Å². The Hall–Kier alpha value is -2.34. The van der Waals surface area contributed by atoms with Crippen LogP contribution >= 0.6 is 15.9 Å². The molecule has 0 aliphatic carbocycles. The molecule has 0 radical (unpaired) electrons. The van der Waals surface area contributed by atoms with Gasteiger partial charge in [0.2, 0.25) is 0 Å². The summed E-state index contributed by atoms with van der Waals surface area (Å²) in [5.74, 6) is -0.431. The van der Waals surface area contributed by atoms with Gasteiger partial charge in [0.25, 0.3) is 5.91 Å². The Morgan fingerprint density at radius 3 is 2.52 bits per heavy atom. The van der Waals surface area contributed by atoms with Crippen molar-refractivity contribution >= 4 is 27.8 Å². The van der Waals surface area contributed by atoms with Gasteiger partial charge in [0, 0.05) is 4.47 Å². The number of halogens is 1. The molecule has 0 atom stereocenters. The monoisotopic (exact) mass is 405 g/mol. The molecular formula is C19H20BrNO4. The molecular weight excluding hydrogens is 386 g/mol. The number of esters is 1. The van der Waals surface area contributed by atoms with Crippen LogP contribution in [0.2, 0.25) is 0 Å². The van der Waals surface area contributed by atoms with E-state index >= 15 is 0 Å². The Morgan fingerprint density at radius 2 is 1.84 bits per heavy atom. The fraction of sp³-hybridized carbons (Fsp3) is 0.263. The normalized spacial score (nSPS) is 10.4. The van der Waals surface area contributed by atoms with Gasteiger partial charge in [-0.2, -0.15) is 0 Å². The number of rotatable bonds is 7. The fourth-order valence-electron chi connectivity index (χ4n) is 2.07. The number of nitrogens with one attached hydrogen (secondary N) is 1. The minimum atomic E-state index is -0.499. The van der Waals surface area contributed by atoms with Crippen molar-refractivity contribution in [3.05, 3.63) is 64.1 Å². The highest BCUT2D eigenvalue weighted by Crippen LogP contribution is 2.24. The van der Waals surface area contributed by atoms with Crippen LogP contribution < -0.4 is 10.1 Å². The lowest BCUT2D eigenvalue weighted by Gasteiger charge is -2.14. The van der Waals surface area contributed by atoms with Gasteiger partial charge in [-0.3, -0.25) is 9.59 Å². The van der Waals surface area contributed by atoms with Crippen molar-refractivity contribution in [2.24, 2.45) is 0 Å². The summed E-state index contributed by atoms with van der Waals surface area (Å²) in [7, 11) is 0. The average Bonchev–Trinajstić information content (AvgIpc) is 2.58. The minimum absolute atomic E-state index is 0.0725. The lowest BCUT2D eigenvalue weighted by atomic mass is 10.2. The van der Waals surface area contributed by atoms with Gasteiger partial charge >= 0.3 is 5.97 Å². The first-order chi connectivity index (χ1) is 12.0. The third-order valence-electron chi connectivity index (χ3n) is 3.19. The first-order valence-corrected chi connectivity index (χ1v) is 8.69. The minimum Gasteiger partial charge on any atom is -0.490 e. The third kappa shape index (κ3) is 6.23. The lowest BCUT2D eigenvalue weighted by Crippen LogP contribution is -2.31. The van der Waals surface area contributed by atoms with Gasteiger partial charge in [-0.25, -0.2) is 0 Å². The maximum atomic E-state index is 12.3. The highest BCUT2D eigenvalue weighted by atomic mass is 79.9. The Balaban J connectivity index is 1.90. The summed E-state index contributed by atoms with van der Waals surface area (Å²) in [5.41, 5.74) is 1.26. The molecule has 0 aliphatic heterocycles. The molecule has 2 rings (SSSR count). The van der Waals surface area contributed by atoms with E-state index in [1.54, 1.807) is 18.2 Å². The smallest absolute Gasteiger partial charge is 0.325 e. The predicted octanol–water partition coefficient (Wildman–Crippen LogP) is 3.71. The van der Waals surface area contributed by atoms with Crippen molar-refractivity contribution < 1.29 is 19.1 Å². The van der Waals surface area contributed by atoms with Crippen molar-refractivity contribution in [3.8, 4) is 5.75 Å². The van der Waals surface area contributed by atoms with Crippen molar-refractivity contribution in [2.45, 2.75) is 26.6 Å². The van der Waals surface area contributed by atoms with Crippen molar-refractivity contribution in [2.75, 3.05) is 6.54 Å². The van der Waals surface area contributed by atoms with Crippen LogP contribution in [-0.2, 0) is 16.1 Å². The molecule has 0 saturated heterocycles. The second-order valence-corrected chi connectivity index (χ2v) is 6.55. The molecule has 6 heteroatoms. The van der Waals surface area contributed by atoms with E-state index in [2.05, 4.69) is 21.2 Å². The maximum Gasteiger partial charge on any atom is 0.325 e. The first kappa shape index (κ1) is 19.0. The number of hydrogen-bond donors (Lipinski definition) is 1. The average molecular weight is 406 g/mol. The third-order valence-corrected chi connectivity index (χ3v) is 3.68. The largest absolute Gasteiger partial charge is 0.490 e. The van der Waals surface area contributed by atoms with Gasteiger partial charge in [-0.15, -0.1) is 0 Å². The quantitative estimate of drug-likeness (QED) is 0.713. The molecule has 0 aliphatic rings. The number of ether oxygens (including phenoxy) is 2. The summed E-state index contributed by atoms with van der Waals surface area (Å²) < 4.78 is 11.6. The van der Waals surface area contributed by atoms with Crippen LogP contribution in [0.1, 0.15) is 29.8 Å². The highest BCUT2D eigenvalue weighted by molar-refractivity contribution is 9.10. The van der Waals surface area contributed by atoms with Crippen molar-refractivity contribution in [3.63, 3.8) is 0 Å². The second kappa shape index (κ2) is 9.22. The summed E-state index contributed by atoms with van der Waals surface area (Å²) in [6, 6.07) is 14.5. The highest BCUT2D eigenvalue weighted by Gasteiger charge is 2.15. The SMILES string of the molecule is CC(C)Oc1cc(Br)ccc1C(=O)NCC(=O)OCc1ccccc1. The molecule has 0 heterocycles. The van der Waals surface area contributed by atoms with E-state index in [1.807, 2.05) is 44.2 Å². The molecule has 0 bridgehead atoms. The number of carbonyl (C=O) groups is 2. The van der Waals surface area contributed by atoms with Crippen LogP contribution in [0.15, 0.2) is 53.0 Å². The molecule has 1 N–H and O–H groups in total. The lowest BCUT2D eigenvalue weighted by molar-refractivity contribution is -0.143. The van der Waals surface area contributed by atoms with E-state index in [-0.39, 0.29) is 25.2 Å². The first-order valence-electron chi connectivity index (χ1n) is 7.89. The van der Waals surface area contributed by atoms with Gasteiger partial charge < -0.3 is 14.8 Å². The zero-order chi connectivity index (χ0) is 18.2. The van der Waals surface area contributed by atoms with E-state index in [1.165, 1.54) is 0 Å². The molecule has 0 saturated carbocycles. The van der Waals surface area contributed by atoms with Crippen molar-refractivity contribution in [1.29, 1.82) is 0 Å². The molecule has 2 aromatic rings. The van der Waals surface area contributed by atoms with Crippen LogP contribution in [0.5, 0.6) is 5.75 Å². The van der Waals surface area contributed by atoms with Crippen LogP contribution in [0, 0.1) is 0 Å². The van der Waals surface area contributed by atoms with E-state index in [0.29, 0.717) is 11.3 Å². The van der Waals surface area contributed by atoms with Crippen molar-refractivity contribution in [1.82, 2.24) is 5.32 Å². The summed E-state index contributed by atoms with van der Waals surface area (Å²) in [5, 5.41) is 2.56. The van der Waals surface area contributed by atoms with Gasteiger partial charge in [0.1, 0.15) is 18.9 Å². The van der Waals surface area contributed by atoms with Crippen LogP contribution in [0.25, 0.3) is 0 Å². The molecule has 0 spiro atoms. The van der Waals surface area contributed by atoms with Crippen LogP contribution in [0.4, 0.5) is 0 Å². The Labute approximate surface area is 155 Å². The van der Waals surface area contributed by atoms with E-state index in [9.17, 15) is 9.59 Å². The van der Waals surface area contributed by atoms with Gasteiger partial charge in [0.15, 0.2) is 0 Å². The Bertz CT molecular complexity index is 731. The number of amides is 1. The van der Waals surface area contributed by atoms with E-state index < -0.39 is 5.97 Å². The molecule has 25 heavy (non-hydrogen) atoms. The molecule has 0 aromatic heterocycles. The Morgan fingerprint density at radius 1 is 1.12 bits per heavy atom. The summed E-state index contributed by atoms with van der Waals surface area (Å²) in [4.78, 5) is 24.1. The molecule has 132 valence electrons. The van der Waals surface area contributed by atoms with Gasteiger partial charge in [0.05, 0.1) is 11.7 Å². The summed E-state index contributed by atoms with van der Waals surface area (Å²) >= 11 is 3.35. The Kier molecular flexibility index (Phi) is 7.01. The molecule has 0 unspecified atom stereocenters. The standard InChI is InChI=1S/C19H20BrNO4/c1-13(2)25-17-10-15(20)8-9-16(17)19(23)21-11-18(22)24-12-14-6-4-3-5-7-14/h3-10,13H,11-12H2,1-2H3,(H,21,23). The zero-order valence-corrected chi connectivity index (χ0v) is 15.7. The number of hydrogen-bond acceptors (Lipinski definition) is 4. The molecule has 2 aromatic carbocycles. The molecule has 5 nitrogen and oxygen atoms in total. The van der Waals surface area contributed by atoms with E-state index in [4.69, 9.17) is 9.47 Å². The maximum absolute atomic E-state index is 12.3. The number of carbonyl (C=O) groups excluding carboxylic acids is 2. The van der Waals surface area contributed by atoms with E-state index in [0.717, 1.165) is 10.0 Å². The van der Waals surface area contributed by atoms with Crippen LogP contribution in [-0.4, -0.2) is 24.5 Å². The number of benzene rings is 2. The molecule has 1 amide bonds. The van der Waals surface area contributed by atoms with Gasteiger partial charge in [-0.05, 0) is 37.6 Å². The predicted molar refractivity (Wildman–Crippen MR) is 98.5 cm³/mol. The summed E-state index contributed by atoms with van der Waals surface area (Å²) in [6.07, 6.45) is -0.0725. The fourth-order valence-corrected chi connectivity index (χ4v) is 2.41. The second-order valence-electron chi connectivity index (χ2n) is 5.64. The zero-order valence-electron chi connectivity index (χ0n) is 14.1. The summed E-state index contributed by atoms with van der Waals surface area (Å²) in [6.45, 7) is 3.73. The van der Waals surface area contributed by atoms with Gasteiger partial charge in [-0.1, -0.05) is 46.3 Å². The molecule has 0 fully saturated rings.